The van der Waals surface area contributed by atoms with Gasteiger partial charge in [-0.15, -0.1) is 6.58 Å². The summed E-state index contributed by atoms with van der Waals surface area (Å²) in [5.41, 5.74) is -0.403. The highest BCUT2D eigenvalue weighted by Gasteiger charge is 2.58. The minimum Gasteiger partial charge on any atom is -0.396 e. The molecule has 24 heavy (non-hydrogen) atoms. The fourth-order valence-corrected chi connectivity index (χ4v) is 4.36. The van der Waals surface area contributed by atoms with Crippen molar-refractivity contribution in [1.29, 1.82) is 0 Å². The zero-order valence-electron chi connectivity index (χ0n) is 13.9. The van der Waals surface area contributed by atoms with Gasteiger partial charge >= 0.3 is 0 Å². The van der Waals surface area contributed by atoms with E-state index in [0.29, 0.717) is 26.1 Å². The highest BCUT2D eigenvalue weighted by molar-refractivity contribution is 5.82. The van der Waals surface area contributed by atoms with Crippen molar-refractivity contribution in [3.63, 3.8) is 0 Å². The van der Waals surface area contributed by atoms with Crippen molar-refractivity contribution >= 4 is 11.9 Å². The number of fused-ring (bicyclic) bond motifs is 2. The van der Waals surface area contributed by atoms with Crippen LogP contribution in [0.3, 0.4) is 0 Å². The van der Waals surface area contributed by atoms with Gasteiger partial charge in [-0.05, 0) is 5.56 Å². The first-order valence-corrected chi connectivity index (χ1v) is 8.42. The second kappa shape index (κ2) is 6.63. The zero-order valence-corrected chi connectivity index (χ0v) is 13.9. The van der Waals surface area contributed by atoms with Crippen molar-refractivity contribution in [2.45, 2.75) is 18.9 Å². The van der Waals surface area contributed by atoms with Gasteiger partial charge in [0.25, 0.3) is 0 Å². The van der Waals surface area contributed by atoms with Crippen molar-refractivity contribution in [2.75, 3.05) is 26.2 Å². The largest absolute Gasteiger partial charge is 0.396 e. The molecule has 2 fully saturated rings. The quantitative estimate of drug-likeness (QED) is 0.811. The molecule has 2 N–H and O–H groups in total. The standard InChI is InChI=1S/C20H25NO3/c1-2-10-21-13-19(9-8-16-6-4-3-5-7-16)11-17(23)12-20(14-21,15-22)18(19)24/h2-9,18,22,24H,1,10-15H2/b9-8+. The Labute approximate surface area is 143 Å². The van der Waals surface area contributed by atoms with E-state index in [0.717, 1.165) is 5.56 Å². The van der Waals surface area contributed by atoms with Crippen LogP contribution in [0, 0.1) is 10.8 Å². The molecule has 1 aliphatic carbocycles. The molecule has 2 aliphatic rings. The number of nitrogens with zero attached hydrogens (tertiary/aromatic N) is 1. The minimum atomic E-state index is -0.780. The normalized spacial score (nSPS) is 33.8. The monoisotopic (exact) mass is 327 g/mol. The van der Waals surface area contributed by atoms with Crippen LogP contribution in [0.4, 0.5) is 0 Å². The van der Waals surface area contributed by atoms with E-state index in [4.69, 9.17) is 0 Å². The molecule has 3 atom stereocenters. The van der Waals surface area contributed by atoms with Gasteiger partial charge in [-0.2, -0.15) is 0 Å². The van der Waals surface area contributed by atoms with Gasteiger partial charge in [-0.3, -0.25) is 9.69 Å². The Morgan fingerprint density at radius 3 is 2.67 bits per heavy atom. The third kappa shape index (κ3) is 2.97. The van der Waals surface area contributed by atoms with E-state index < -0.39 is 16.9 Å². The molecule has 1 aromatic rings. The van der Waals surface area contributed by atoms with Crippen LogP contribution in [0.5, 0.6) is 0 Å². The molecule has 1 saturated carbocycles. The number of piperidine rings is 1. The van der Waals surface area contributed by atoms with Crippen LogP contribution in [0.2, 0.25) is 0 Å². The number of Topliss-reactive ketones (excluding diaryl/α,β-unsaturated/α-hetero) is 1. The average Bonchev–Trinajstić information content (AvgIpc) is 2.57. The van der Waals surface area contributed by atoms with Crippen LogP contribution in [-0.2, 0) is 4.79 Å². The summed E-state index contributed by atoms with van der Waals surface area (Å²) in [6.07, 6.45) is 5.60. The van der Waals surface area contributed by atoms with Crippen molar-refractivity contribution in [3.05, 3.63) is 54.6 Å². The van der Waals surface area contributed by atoms with E-state index in [2.05, 4.69) is 11.5 Å². The molecular weight excluding hydrogens is 302 g/mol. The Balaban J connectivity index is 1.98. The number of hydrogen-bond acceptors (Lipinski definition) is 4. The van der Waals surface area contributed by atoms with E-state index >= 15 is 0 Å². The van der Waals surface area contributed by atoms with E-state index in [1.165, 1.54) is 0 Å². The first-order chi connectivity index (χ1) is 11.5. The maximum Gasteiger partial charge on any atom is 0.134 e. The number of ketones is 1. The van der Waals surface area contributed by atoms with E-state index in [9.17, 15) is 15.0 Å². The number of aliphatic hydroxyl groups is 2. The second-order valence-corrected chi connectivity index (χ2v) is 7.25. The van der Waals surface area contributed by atoms with Gasteiger partial charge in [-0.25, -0.2) is 0 Å². The maximum atomic E-state index is 12.4. The Morgan fingerprint density at radius 1 is 1.25 bits per heavy atom. The Kier molecular flexibility index (Phi) is 4.72. The highest BCUT2D eigenvalue weighted by atomic mass is 16.3. The summed E-state index contributed by atoms with van der Waals surface area (Å²) in [5, 5.41) is 21.0. The van der Waals surface area contributed by atoms with Crippen LogP contribution < -0.4 is 0 Å². The van der Waals surface area contributed by atoms with Crippen LogP contribution >= 0.6 is 0 Å². The lowest BCUT2D eigenvalue weighted by Gasteiger charge is -2.57. The summed E-state index contributed by atoms with van der Waals surface area (Å²) in [4.78, 5) is 14.6. The number of carbonyl (C=O) groups excluding carboxylic acids is 1. The topological polar surface area (TPSA) is 60.8 Å². The Hall–Kier alpha value is -1.75. The molecule has 1 aromatic carbocycles. The molecule has 2 bridgehead atoms. The summed E-state index contributed by atoms with van der Waals surface area (Å²) in [5.74, 6) is 0.116. The SMILES string of the molecule is C=CCN1CC2(/C=C/c3ccccc3)CC(=O)CC(CO)(C1)C2O. The highest BCUT2D eigenvalue weighted by Crippen LogP contribution is 2.50. The molecule has 0 spiro atoms. The minimum absolute atomic E-state index is 0.116. The summed E-state index contributed by atoms with van der Waals surface area (Å²) >= 11 is 0. The first-order valence-electron chi connectivity index (χ1n) is 8.42. The van der Waals surface area contributed by atoms with E-state index in [-0.39, 0.29) is 18.8 Å². The van der Waals surface area contributed by atoms with Gasteiger partial charge in [0.05, 0.1) is 12.7 Å². The third-order valence-electron chi connectivity index (χ3n) is 5.37. The number of aliphatic hydroxyl groups excluding tert-OH is 2. The molecule has 0 radical (unpaired) electrons. The zero-order chi connectivity index (χ0) is 17.2. The number of likely N-dealkylation sites (tertiary alicyclic amines) is 1. The predicted octanol–water partition coefficient (Wildman–Crippen LogP) is 1.89. The molecule has 4 heteroatoms. The summed E-state index contributed by atoms with van der Waals surface area (Å²) in [7, 11) is 0. The van der Waals surface area contributed by atoms with Crippen LogP contribution in [0.15, 0.2) is 49.1 Å². The lowest BCUT2D eigenvalue weighted by molar-refractivity contribution is -0.172. The van der Waals surface area contributed by atoms with Gasteiger partial charge in [0.1, 0.15) is 5.78 Å². The molecular formula is C20H25NO3. The van der Waals surface area contributed by atoms with E-state index in [1.54, 1.807) is 0 Å². The molecule has 4 nitrogen and oxygen atoms in total. The van der Waals surface area contributed by atoms with Gasteiger partial charge < -0.3 is 10.2 Å². The molecule has 1 saturated heterocycles. The van der Waals surface area contributed by atoms with Crippen LogP contribution in [0.1, 0.15) is 18.4 Å². The average molecular weight is 327 g/mol. The molecule has 0 amide bonds. The third-order valence-corrected chi connectivity index (χ3v) is 5.37. The van der Waals surface area contributed by atoms with Gasteiger partial charge in [0.2, 0.25) is 0 Å². The van der Waals surface area contributed by atoms with Crippen molar-refractivity contribution in [1.82, 2.24) is 4.90 Å². The summed E-state index contributed by atoms with van der Waals surface area (Å²) in [6.45, 7) is 5.41. The van der Waals surface area contributed by atoms with E-state index in [1.807, 2.05) is 48.6 Å². The van der Waals surface area contributed by atoms with Crippen molar-refractivity contribution in [2.24, 2.45) is 10.8 Å². The van der Waals surface area contributed by atoms with Crippen molar-refractivity contribution in [3.8, 4) is 0 Å². The van der Waals surface area contributed by atoms with Crippen LogP contribution in [-0.4, -0.2) is 53.2 Å². The Bertz CT molecular complexity index is 642. The Morgan fingerprint density at radius 2 is 2.00 bits per heavy atom. The molecule has 3 unspecified atom stereocenters. The molecule has 1 heterocycles. The summed E-state index contributed by atoms with van der Waals surface area (Å²) < 4.78 is 0. The molecule has 128 valence electrons. The fourth-order valence-electron chi connectivity index (χ4n) is 4.36. The first kappa shape index (κ1) is 17.1. The molecule has 1 aliphatic heterocycles. The van der Waals surface area contributed by atoms with Gasteiger partial charge in [0, 0.05) is 43.3 Å². The lowest BCUT2D eigenvalue weighted by Crippen LogP contribution is -2.66. The number of rotatable bonds is 5. The lowest BCUT2D eigenvalue weighted by atomic mass is 9.56. The summed E-state index contributed by atoms with van der Waals surface area (Å²) in [6, 6.07) is 9.87. The number of carbonyl (C=O) groups is 1. The second-order valence-electron chi connectivity index (χ2n) is 7.25. The predicted molar refractivity (Wildman–Crippen MR) is 94.3 cm³/mol. The number of benzene rings is 1. The van der Waals surface area contributed by atoms with Gasteiger partial charge in [0.15, 0.2) is 0 Å². The number of hydrogen-bond donors (Lipinski definition) is 2. The maximum absolute atomic E-state index is 12.4. The smallest absolute Gasteiger partial charge is 0.134 e. The van der Waals surface area contributed by atoms with Crippen LogP contribution in [0.25, 0.3) is 6.08 Å². The molecule has 3 rings (SSSR count). The fraction of sp³-hybridized carbons (Fsp3) is 0.450. The van der Waals surface area contributed by atoms with Gasteiger partial charge in [-0.1, -0.05) is 48.6 Å². The molecule has 0 aromatic heterocycles. The van der Waals surface area contributed by atoms with Crippen molar-refractivity contribution < 1.29 is 15.0 Å².